The highest BCUT2D eigenvalue weighted by molar-refractivity contribution is 5.40. The largest absolute Gasteiger partial charge is 0.453 e. The molecule has 0 spiro atoms. The fourth-order valence-electron chi connectivity index (χ4n) is 2.74. The SMILES string of the molecule is Cc1cc(C)c(C(Oc2nc(=O)[nH]c(=O)[nH]2)C2CO2)c(C)c1. The number of aryl methyl sites for hydroxylation is 3. The smallest absolute Gasteiger partial charge is 0.353 e. The van der Waals surface area contributed by atoms with Crippen molar-refractivity contribution in [1.29, 1.82) is 0 Å². The molecule has 1 aliphatic rings. The molecule has 1 fully saturated rings. The molecular formula is C15H17N3O4. The van der Waals surface area contributed by atoms with Gasteiger partial charge in [0.05, 0.1) is 6.61 Å². The molecule has 1 saturated heterocycles. The summed E-state index contributed by atoms with van der Waals surface area (Å²) < 4.78 is 11.1. The third-order valence-electron chi connectivity index (χ3n) is 3.60. The van der Waals surface area contributed by atoms with Crippen molar-refractivity contribution < 1.29 is 9.47 Å². The van der Waals surface area contributed by atoms with Gasteiger partial charge in [-0.25, -0.2) is 9.59 Å². The van der Waals surface area contributed by atoms with Crippen molar-refractivity contribution in [3.8, 4) is 6.01 Å². The van der Waals surface area contributed by atoms with Gasteiger partial charge in [-0.2, -0.15) is 0 Å². The van der Waals surface area contributed by atoms with E-state index in [0.29, 0.717) is 6.61 Å². The Hall–Kier alpha value is -2.41. The van der Waals surface area contributed by atoms with Gasteiger partial charge >= 0.3 is 17.4 Å². The lowest BCUT2D eigenvalue weighted by molar-refractivity contribution is 0.145. The Kier molecular flexibility index (Phi) is 3.58. The van der Waals surface area contributed by atoms with E-state index in [0.717, 1.165) is 22.3 Å². The van der Waals surface area contributed by atoms with Gasteiger partial charge in [-0.1, -0.05) is 17.7 Å². The molecule has 0 saturated carbocycles. The van der Waals surface area contributed by atoms with E-state index in [1.807, 2.05) is 25.8 Å². The summed E-state index contributed by atoms with van der Waals surface area (Å²) in [4.78, 5) is 30.7. The van der Waals surface area contributed by atoms with Crippen molar-refractivity contribution in [2.24, 2.45) is 0 Å². The van der Waals surface area contributed by atoms with Crippen molar-refractivity contribution in [2.75, 3.05) is 6.61 Å². The Labute approximate surface area is 126 Å². The van der Waals surface area contributed by atoms with Crippen molar-refractivity contribution in [3.63, 3.8) is 0 Å². The molecule has 0 radical (unpaired) electrons. The van der Waals surface area contributed by atoms with Gasteiger partial charge in [0, 0.05) is 5.56 Å². The van der Waals surface area contributed by atoms with E-state index < -0.39 is 17.5 Å². The Balaban J connectivity index is 2.01. The van der Waals surface area contributed by atoms with Crippen molar-refractivity contribution in [3.05, 3.63) is 55.4 Å². The van der Waals surface area contributed by atoms with Crippen molar-refractivity contribution in [2.45, 2.75) is 33.0 Å². The first-order chi connectivity index (χ1) is 10.4. The second-order valence-corrected chi connectivity index (χ2v) is 5.52. The van der Waals surface area contributed by atoms with Crippen LogP contribution in [0.2, 0.25) is 0 Å². The number of nitrogens with zero attached hydrogens (tertiary/aromatic N) is 1. The predicted octanol–water partition coefficient (Wildman–Crippen LogP) is 0.902. The van der Waals surface area contributed by atoms with Crippen LogP contribution in [0.15, 0.2) is 21.7 Å². The topological polar surface area (TPSA) is 100 Å². The minimum Gasteiger partial charge on any atom is -0.453 e. The van der Waals surface area contributed by atoms with Gasteiger partial charge in [0.25, 0.3) is 0 Å². The molecule has 2 heterocycles. The number of rotatable bonds is 4. The molecule has 22 heavy (non-hydrogen) atoms. The maximum absolute atomic E-state index is 11.3. The monoisotopic (exact) mass is 303 g/mol. The summed E-state index contributed by atoms with van der Waals surface area (Å²) in [5.74, 6) is 0. The summed E-state index contributed by atoms with van der Waals surface area (Å²) in [7, 11) is 0. The van der Waals surface area contributed by atoms with Gasteiger partial charge in [0.15, 0.2) is 6.10 Å². The Morgan fingerprint density at radius 2 is 1.86 bits per heavy atom. The molecule has 1 aromatic heterocycles. The van der Waals surface area contributed by atoms with Crippen LogP contribution >= 0.6 is 0 Å². The van der Waals surface area contributed by atoms with Crippen molar-refractivity contribution in [1.82, 2.24) is 15.0 Å². The highest BCUT2D eigenvalue weighted by atomic mass is 16.6. The van der Waals surface area contributed by atoms with Gasteiger partial charge in [0.1, 0.15) is 6.10 Å². The number of H-pyrrole nitrogens is 2. The van der Waals surface area contributed by atoms with Crippen LogP contribution in [0.4, 0.5) is 0 Å². The number of hydrogen-bond acceptors (Lipinski definition) is 5. The average molecular weight is 303 g/mol. The third kappa shape index (κ3) is 2.94. The van der Waals surface area contributed by atoms with E-state index in [9.17, 15) is 9.59 Å². The zero-order valence-corrected chi connectivity index (χ0v) is 12.6. The zero-order chi connectivity index (χ0) is 15.9. The molecule has 2 N–H and O–H groups in total. The maximum atomic E-state index is 11.3. The quantitative estimate of drug-likeness (QED) is 0.817. The van der Waals surface area contributed by atoms with Gasteiger partial charge in [-0.05, 0) is 31.9 Å². The summed E-state index contributed by atoms with van der Waals surface area (Å²) >= 11 is 0. The van der Waals surface area contributed by atoms with E-state index in [2.05, 4.69) is 22.1 Å². The molecule has 0 aliphatic carbocycles. The normalized spacial score (nSPS) is 18.0. The molecule has 2 atom stereocenters. The average Bonchev–Trinajstić information content (AvgIpc) is 3.19. The second-order valence-electron chi connectivity index (χ2n) is 5.52. The van der Waals surface area contributed by atoms with Crippen LogP contribution in [-0.4, -0.2) is 27.7 Å². The molecule has 7 nitrogen and oxygen atoms in total. The molecule has 1 aliphatic heterocycles. The first kappa shape index (κ1) is 14.5. The van der Waals surface area contributed by atoms with E-state index in [1.165, 1.54) is 0 Å². The molecule has 2 unspecified atom stereocenters. The van der Waals surface area contributed by atoms with Crippen LogP contribution in [0, 0.1) is 20.8 Å². The van der Waals surface area contributed by atoms with Crippen LogP contribution < -0.4 is 16.1 Å². The van der Waals surface area contributed by atoms with Gasteiger partial charge in [-0.15, -0.1) is 4.98 Å². The van der Waals surface area contributed by atoms with Crippen LogP contribution in [0.5, 0.6) is 6.01 Å². The molecule has 2 aromatic rings. The van der Waals surface area contributed by atoms with Gasteiger partial charge < -0.3 is 9.47 Å². The maximum Gasteiger partial charge on any atom is 0.353 e. The van der Waals surface area contributed by atoms with E-state index in [1.54, 1.807) is 0 Å². The number of benzene rings is 1. The molecule has 3 rings (SSSR count). The highest BCUT2D eigenvalue weighted by Crippen LogP contribution is 2.35. The summed E-state index contributed by atoms with van der Waals surface area (Å²) in [5.41, 5.74) is 2.91. The van der Waals surface area contributed by atoms with Crippen LogP contribution in [0.1, 0.15) is 28.4 Å². The number of aromatic nitrogens is 3. The number of nitrogens with one attached hydrogen (secondary N) is 2. The predicted molar refractivity (Wildman–Crippen MR) is 79.2 cm³/mol. The lowest BCUT2D eigenvalue weighted by Crippen LogP contribution is -2.27. The minimum atomic E-state index is -0.744. The summed E-state index contributed by atoms with van der Waals surface area (Å²) in [6.45, 7) is 6.61. The standard InChI is InChI=1S/C15H17N3O4/c1-7-4-8(2)11(9(3)5-7)12(10-6-21-10)22-15-17-13(19)16-14(20)18-15/h4-5,10,12H,6H2,1-3H3,(H2,16,17,18,19,20). The van der Waals surface area contributed by atoms with E-state index in [-0.39, 0.29) is 12.1 Å². The first-order valence-corrected chi connectivity index (χ1v) is 7.00. The summed E-state index contributed by atoms with van der Waals surface area (Å²) in [5, 5.41) is 0. The Morgan fingerprint density at radius 3 is 2.41 bits per heavy atom. The molecule has 0 amide bonds. The summed E-state index contributed by atoms with van der Waals surface area (Å²) in [6.07, 6.45) is -0.518. The highest BCUT2D eigenvalue weighted by Gasteiger charge is 2.38. The second kappa shape index (κ2) is 5.42. The Morgan fingerprint density at radius 1 is 1.23 bits per heavy atom. The Bertz CT molecular complexity index is 769. The van der Waals surface area contributed by atoms with Gasteiger partial charge in [-0.3, -0.25) is 9.97 Å². The fourth-order valence-corrected chi connectivity index (χ4v) is 2.74. The molecular weight excluding hydrogens is 286 g/mol. The van der Waals surface area contributed by atoms with Crippen LogP contribution in [0.25, 0.3) is 0 Å². The minimum absolute atomic E-state index is 0.103. The first-order valence-electron chi connectivity index (χ1n) is 7.00. The number of aromatic amines is 2. The number of epoxide rings is 1. The molecule has 7 heteroatoms. The number of hydrogen-bond donors (Lipinski definition) is 2. The lowest BCUT2D eigenvalue weighted by atomic mass is 9.94. The van der Waals surface area contributed by atoms with E-state index >= 15 is 0 Å². The molecule has 1 aromatic carbocycles. The van der Waals surface area contributed by atoms with E-state index in [4.69, 9.17) is 9.47 Å². The third-order valence-corrected chi connectivity index (χ3v) is 3.60. The fraction of sp³-hybridized carbons (Fsp3) is 0.400. The number of ether oxygens (including phenoxy) is 2. The molecule has 116 valence electrons. The van der Waals surface area contributed by atoms with Crippen LogP contribution in [-0.2, 0) is 4.74 Å². The molecule has 0 bridgehead atoms. The zero-order valence-electron chi connectivity index (χ0n) is 12.6. The summed E-state index contributed by atoms with van der Waals surface area (Å²) in [6, 6.07) is 4.03. The van der Waals surface area contributed by atoms with Gasteiger partial charge in [0.2, 0.25) is 0 Å². The van der Waals surface area contributed by atoms with Crippen molar-refractivity contribution >= 4 is 0 Å². The lowest BCUT2D eigenvalue weighted by Gasteiger charge is -2.21. The van der Waals surface area contributed by atoms with Crippen LogP contribution in [0.3, 0.4) is 0 Å².